The number of fused-ring (bicyclic) bond motifs is 2. The van der Waals surface area contributed by atoms with E-state index in [1.54, 1.807) is 0 Å². The zero-order valence-electron chi connectivity index (χ0n) is 23.3. The molecule has 3 amide bonds. The maximum absolute atomic E-state index is 13.8. The molecule has 3 fully saturated rings. The van der Waals surface area contributed by atoms with E-state index >= 15 is 0 Å². The van der Waals surface area contributed by atoms with Crippen molar-refractivity contribution in [1.82, 2.24) is 20.2 Å². The van der Waals surface area contributed by atoms with E-state index in [-0.39, 0.29) is 25.2 Å². The first-order valence-corrected chi connectivity index (χ1v) is 14.3. The molecule has 214 valence electrons. The predicted molar refractivity (Wildman–Crippen MR) is 143 cm³/mol. The largest absolute Gasteiger partial charge is 0.454 e. The zero-order chi connectivity index (χ0) is 27.7. The van der Waals surface area contributed by atoms with E-state index in [9.17, 15) is 19.6 Å². The van der Waals surface area contributed by atoms with E-state index < -0.39 is 17.4 Å². The Balaban J connectivity index is 1.21. The third-order valence-corrected chi connectivity index (χ3v) is 8.81. The van der Waals surface area contributed by atoms with Gasteiger partial charge in [0.05, 0.1) is 12.5 Å². The van der Waals surface area contributed by atoms with Gasteiger partial charge in [-0.1, -0.05) is 52.5 Å². The molecule has 0 aromatic heterocycles. The van der Waals surface area contributed by atoms with Gasteiger partial charge in [-0.3, -0.25) is 24.5 Å². The van der Waals surface area contributed by atoms with Gasteiger partial charge in [-0.05, 0) is 41.9 Å². The minimum Gasteiger partial charge on any atom is -0.454 e. The fraction of sp³-hybridized carbons (Fsp3) is 0.690. The molecule has 1 unspecified atom stereocenters. The fourth-order valence-corrected chi connectivity index (χ4v) is 6.54. The average molecular weight is 543 g/mol. The van der Waals surface area contributed by atoms with Crippen molar-refractivity contribution in [3.63, 3.8) is 0 Å². The van der Waals surface area contributed by atoms with Gasteiger partial charge in [0, 0.05) is 31.7 Å². The zero-order valence-corrected chi connectivity index (χ0v) is 23.3. The Hall–Kier alpha value is -2.85. The number of likely N-dealkylation sites (tertiary alicyclic amines) is 1. The summed E-state index contributed by atoms with van der Waals surface area (Å²) >= 11 is 0. The van der Waals surface area contributed by atoms with Gasteiger partial charge in [-0.2, -0.15) is 0 Å². The molecule has 10 nitrogen and oxygen atoms in total. The van der Waals surface area contributed by atoms with Crippen LogP contribution in [0.3, 0.4) is 0 Å². The van der Waals surface area contributed by atoms with Crippen LogP contribution in [-0.2, 0) is 20.9 Å². The number of piperidine rings is 1. The van der Waals surface area contributed by atoms with Gasteiger partial charge in [0.2, 0.25) is 25.0 Å². The van der Waals surface area contributed by atoms with Crippen LogP contribution in [0.25, 0.3) is 0 Å². The summed E-state index contributed by atoms with van der Waals surface area (Å²) in [5.74, 6) is 1.04. The van der Waals surface area contributed by atoms with Gasteiger partial charge < -0.3 is 19.7 Å². The molecule has 4 aliphatic rings. The number of rotatable bonds is 10. The average Bonchev–Trinajstić information content (AvgIpc) is 3.24. The second-order valence-corrected chi connectivity index (χ2v) is 12.7. The van der Waals surface area contributed by atoms with E-state index in [4.69, 9.17) is 9.47 Å². The number of carbonyl (C=O) groups excluding carboxylic acids is 3. The maximum atomic E-state index is 13.8. The Morgan fingerprint density at radius 2 is 1.90 bits per heavy atom. The summed E-state index contributed by atoms with van der Waals surface area (Å²) in [6.07, 6.45) is 6.21. The number of benzene rings is 1. The van der Waals surface area contributed by atoms with E-state index in [0.717, 1.165) is 55.7 Å². The van der Waals surface area contributed by atoms with Crippen LogP contribution in [0, 0.1) is 17.3 Å². The molecule has 1 aliphatic carbocycles. The van der Waals surface area contributed by atoms with Crippen LogP contribution >= 0.6 is 0 Å². The number of hydroxylamine groups is 2. The van der Waals surface area contributed by atoms with Gasteiger partial charge in [0.1, 0.15) is 6.04 Å². The van der Waals surface area contributed by atoms with Crippen molar-refractivity contribution in [2.45, 2.75) is 84.0 Å². The molecule has 2 saturated heterocycles. The predicted octanol–water partition coefficient (Wildman–Crippen LogP) is 2.78. The second-order valence-electron chi connectivity index (χ2n) is 12.7. The molecule has 1 aromatic carbocycles. The third-order valence-electron chi connectivity index (χ3n) is 8.81. The van der Waals surface area contributed by atoms with E-state index in [1.165, 1.54) is 0 Å². The van der Waals surface area contributed by atoms with Crippen molar-refractivity contribution in [2.75, 3.05) is 26.4 Å². The van der Waals surface area contributed by atoms with Crippen molar-refractivity contribution < 1.29 is 29.1 Å². The van der Waals surface area contributed by atoms with Crippen molar-refractivity contribution in [1.29, 1.82) is 0 Å². The molecule has 2 N–H and O–H groups in total. The molecule has 3 aliphatic heterocycles. The highest BCUT2D eigenvalue weighted by molar-refractivity contribution is 5.89. The molecule has 3 heterocycles. The normalized spacial score (nSPS) is 25.5. The smallest absolute Gasteiger partial charge is 0.245 e. The van der Waals surface area contributed by atoms with Crippen molar-refractivity contribution in [3.8, 4) is 11.5 Å². The molecular formula is C29H42N4O6. The van der Waals surface area contributed by atoms with Crippen molar-refractivity contribution in [3.05, 3.63) is 23.8 Å². The highest BCUT2D eigenvalue weighted by Crippen LogP contribution is 2.40. The lowest BCUT2D eigenvalue weighted by Crippen LogP contribution is -2.57. The fourth-order valence-electron chi connectivity index (χ4n) is 6.54. The summed E-state index contributed by atoms with van der Waals surface area (Å²) in [5, 5.41) is 13.4. The number of nitrogens with one attached hydrogen (secondary N) is 1. The number of carbonyl (C=O) groups is 3. The second kappa shape index (κ2) is 11.3. The van der Waals surface area contributed by atoms with Crippen LogP contribution in [0.15, 0.2) is 18.2 Å². The van der Waals surface area contributed by atoms with Gasteiger partial charge in [-0.25, -0.2) is 5.06 Å². The molecular weight excluding hydrogens is 500 g/mol. The number of hydrogen-bond donors (Lipinski definition) is 2. The molecule has 5 atom stereocenters. The Kier molecular flexibility index (Phi) is 8.05. The standard InChI is InChI=1S/C29H42N4O6/c1-29(2,3)26(30-27(35)21(15-32(37)17-34)12-19-6-4-5-7-19)28(36)31-11-10-22-23(16-31)33(22)14-20-8-9-24-25(13-20)39-18-38-24/h8-9,13,17,19,21-23,26,37H,4-7,10-12,14-16,18H2,1-3H3,(H,30,35)/t21-,22+,23-,26-,33?/m1/s1. The summed E-state index contributed by atoms with van der Waals surface area (Å²) in [4.78, 5) is 42.7. The highest BCUT2D eigenvalue weighted by Gasteiger charge is 2.52. The minimum absolute atomic E-state index is 0.0694. The van der Waals surface area contributed by atoms with Crippen LogP contribution in [0.1, 0.15) is 64.9 Å². The lowest BCUT2D eigenvalue weighted by atomic mass is 9.84. The number of nitrogens with zero attached hydrogens (tertiary/aromatic N) is 3. The molecule has 0 radical (unpaired) electrons. The van der Waals surface area contributed by atoms with Crippen molar-refractivity contribution >= 4 is 18.2 Å². The number of ether oxygens (including phenoxy) is 2. The highest BCUT2D eigenvalue weighted by atomic mass is 16.7. The Labute approximate surface area is 230 Å². The van der Waals surface area contributed by atoms with Crippen LogP contribution in [-0.4, -0.2) is 82.8 Å². The first-order valence-electron chi connectivity index (χ1n) is 14.3. The quantitative estimate of drug-likeness (QED) is 0.202. The molecule has 1 saturated carbocycles. The number of amides is 3. The van der Waals surface area contributed by atoms with Gasteiger partial charge >= 0.3 is 0 Å². The summed E-state index contributed by atoms with van der Waals surface area (Å²) in [6.45, 7) is 8.15. The Morgan fingerprint density at radius 1 is 1.15 bits per heavy atom. The first kappa shape index (κ1) is 27.7. The summed E-state index contributed by atoms with van der Waals surface area (Å²) in [5.41, 5.74) is 0.661. The summed E-state index contributed by atoms with van der Waals surface area (Å²) in [6, 6.07) is 6.10. The lowest BCUT2D eigenvalue weighted by Gasteiger charge is -2.37. The molecule has 1 aromatic rings. The molecule has 0 spiro atoms. The molecule has 10 heteroatoms. The topological polar surface area (TPSA) is 111 Å². The van der Waals surface area contributed by atoms with Crippen LogP contribution in [0.5, 0.6) is 11.5 Å². The van der Waals surface area contributed by atoms with Gasteiger partial charge in [-0.15, -0.1) is 0 Å². The van der Waals surface area contributed by atoms with Crippen LogP contribution in [0.4, 0.5) is 0 Å². The first-order chi connectivity index (χ1) is 18.6. The van der Waals surface area contributed by atoms with Crippen LogP contribution in [0.2, 0.25) is 0 Å². The Morgan fingerprint density at radius 3 is 2.62 bits per heavy atom. The number of hydrogen-bond acceptors (Lipinski definition) is 7. The maximum Gasteiger partial charge on any atom is 0.245 e. The molecule has 0 bridgehead atoms. The monoisotopic (exact) mass is 542 g/mol. The van der Waals surface area contributed by atoms with E-state index in [0.29, 0.717) is 49.0 Å². The van der Waals surface area contributed by atoms with Crippen LogP contribution < -0.4 is 14.8 Å². The summed E-state index contributed by atoms with van der Waals surface area (Å²) in [7, 11) is 0. The van der Waals surface area contributed by atoms with Gasteiger partial charge in [0.15, 0.2) is 11.5 Å². The SMILES string of the molecule is CC(C)(C)[C@H](NC(=O)[C@H](CC1CCCC1)CN(O)C=O)C(=O)N1CC[C@H]2[C@@H](C1)N2Cc1ccc2c(c1)OCO2. The van der Waals surface area contributed by atoms with Crippen molar-refractivity contribution in [2.24, 2.45) is 17.3 Å². The molecule has 5 rings (SSSR count). The third kappa shape index (κ3) is 6.32. The lowest BCUT2D eigenvalue weighted by molar-refractivity contribution is -0.156. The summed E-state index contributed by atoms with van der Waals surface area (Å²) < 4.78 is 10.9. The van der Waals surface area contributed by atoms with Gasteiger partial charge in [0.25, 0.3) is 0 Å². The Bertz CT molecular complexity index is 1070. The minimum atomic E-state index is -0.697. The van der Waals surface area contributed by atoms with E-state index in [1.807, 2.05) is 37.8 Å². The molecule has 39 heavy (non-hydrogen) atoms. The van der Waals surface area contributed by atoms with E-state index in [2.05, 4.69) is 16.3 Å².